The van der Waals surface area contributed by atoms with Gasteiger partial charge in [-0.3, -0.25) is 24.7 Å². The molecule has 1 aliphatic rings. The standard InChI is InChI=1S/C23H27BN3O11/c1-13(2)7-16(20(32)37-18(30)8-23(35,21(33)34)9-19(31)38-24-36)27-17(29)10-26-22(12-28)11-25-15-6-4-3-5-14(15)22/h3-6,11-13,16,26,35-36H,7-10H2,1-2H3,(H,27,29)(H,33,34)/t16-,22?,23?/m1/s1. The van der Waals surface area contributed by atoms with Crippen molar-refractivity contribution in [1.82, 2.24) is 10.6 Å². The molecule has 14 nitrogen and oxygen atoms in total. The number of aliphatic carboxylic acids is 1. The van der Waals surface area contributed by atoms with Crippen LogP contribution < -0.4 is 10.6 Å². The van der Waals surface area contributed by atoms with Crippen molar-refractivity contribution < 1.29 is 53.4 Å². The molecule has 38 heavy (non-hydrogen) atoms. The van der Waals surface area contributed by atoms with Gasteiger partial charge in [-0.15, -0.1) is 0 Å². The monoisotopic (exact) mass is 532 g/mol. The Balaban J connectivity index is 2.04. The lowest BCUT2D eigenvalue weighted by molar-refractivity contribution is -0.175. The molecular weight excluding hydrogens is 505 g/mol. The first-order valence-electron chi connectivity index (χ1n) is 11.4. The fourth-order valence-corrected chi connectivity index (χ4v) is 3.62. The molecule has 0 saturated heterocycles. The summed E-state index contributed by atoms with van der Waals surface area (Å²) < 4.78 is 8.68. The SMILES string of the molecule is CC(C)C[C@@H](NC(=O)CNC1(C=O)C=Nc2ccccc21)C(=O)OC(=O)CC(O)(CC(=O)O[B]O)C(=O)O. The predicted octanol–water partition coefficient (Wildman–Crippen LogP) is -1.35. The number of nitrogens with zero attached hydrogens (tertiary/aromatic N) is 1. The highest BCUT2D eigenvalue weighted by atomic mass is 16.6. The molecule has 1 radical (unpaired) electrons. The van der Waals surface area contributed by atoms with Gasteiger partial charge in [0, 0.05) is 11.8 Å². The smallest absolute Gasteiger partial charge is 0.511 e. The molecule has 1 amide bonds. The molecule has 0 aromatic heterocycles. The van der Waals surface area contributed by atoms with Gasteiger partial charge in [-0.25, -0.2) is 9.59 Å². The van der Waals surface area contributed by atoms with Crippen LogP contribution >= 0.6 is 0 Å². The van der Waals surface area contributed by atoms with Crippen molar-refractivity contribution in [2.24, 2.45) is 10.9 Å². The molecule has 15 heteroatoms. The van der Waals surface area contributed by atoms with Crippen LogP contribution in [0.15, 0.2) is 29.3 Å². The highest BCUT2D eigenvalue weighted by Crippen LogP contribution is 2.33. The van der Waals surface area contributed by atoms with Gasteiger partial charge in [0.05, 0.1) is 25.1 Å². The van der Waals surface area contributed by atoms with Crippen molar-refractivity contribution in [3.05, 3.63) is 29.8 Å². The Morgan fingerprint density at radius 1 is 1.16 bits per heavy atom. The van der Waals surface area contributed by atoms with E-state index in [1.165, 1.54) is 6.21 Å². The minimum atomic E-state index is -2.99. The molecule has 0 bridgehead atoms. The topological polar surface area (TPSA) is 218 Å². The second-order valence-electron chi connectivity index (χ2n) is 8.94. The van der Waals surface area contributed by atoms with E-state index in [0.717, 1.165) is 0 Å². The summed E-state index contributed by atoms with van der Waals surface area (Å²) in [6.07, 6.45) is -0.562. The van der Waals surface area contributed by atoms with Crippen LogP contribution in [0.25, 0.3) is 0 Å². The van der Waals surface area contributed by atoms with Crippen LogP contribution in [0.5, 0.6) is 0 Å². The number of para-hydroxylation sites is 1. The molecule has 1 aliphatic heterocycles. The number of carboxylic acids is 1. The fourth-order valence-electron chi connectivity index (χ4n) is 3.62. The van der Waals surface area contributed by atoms with E-state index in [2.05, 4.69) is 25.0 Å². The van der Waals surface area contributed by atoms with Gasteiger partial charge in [0.25, 0.3) is 5.97 Å². The number of hydrogen-bond donors (Lipinski definition) is 5. The predicted molar refractivity (Wildman–Crippen MR) is 129 cm³/mol. The Bertz CT molecular complexity index is 1130. The number of carbonyl (C=O) groups excluding carboxylic acids is 5. The van der Waals surface area contributed by atoms with Crippen molar-refractivity contribution in [1.29, 1.82) is 0 Å². The molecule has 1 heterocycles. The average molecular weight is 532 g/mol. The lowest BCUT2D eigenvalue weighted by Gasteiger charge is -2.24. The molecule has 203 valence electrons. The quantitative estimate of drug-likeness (QED) is 0.0813. The maximum absolute atomic E-state index is 12.6. The van der Waals surface area contributed by atoms with Crippen molar-refractivity contribution in [2.75, 3.05) is 6.54 Å². The van der Waals surface area contributed by atoms with Crippen molar-refractivity contribution >= 4 is 55.7 Å². The molecule has 2 rings (SSSR count). The first-order chi connectivity index (χ1) is 17.9. The number of rotatable bonds is 14. The van der Waals surface area contributed by atoms with Crippen LogP contribution in [0.2, 0.25) is 0 Å². The number of ether oxygens (including phenoxy) is 1. The zero-order valence-electron chi connectivity index (χ0n) is 20.6. The minimum Gasteiger partial charge on any atom is -0.511 e. The zero-order chi connectivity index (χ0) is 28.5. The Morgan fingerprint density at radius 2 is 1.82 bits per heavy atom. The van der Waals surface area contributed by atoms with Crippen molar-refractivity contribution in [3.63, 3.8) is 0 Å². The fraction of sp³-hybridized carbons (Fsp3) is 0.435. The van der Waals surface area contributed by atoms with Crippen LogP contribution in [0, 0.1) is 5.92 Å². The number of aldehydes is 1. The van der Waals surface area contributed by atoms with Crippen LogP contribution in [0.4, 0.5) is 5.69 Å². The third kappa shape index (κ3) is 7.78. The molecule has 2 unspecified atom stereocenters. The number of amides is 1. The normalized spacial score (nSPS) is 18.0. The van der Waals surface area contributed by atoms with Crippen LogP contribution in [0.1, 0.15) is 38.7 Å². The zero-order valence-corrected chi connectivity index (χ0v) is 20.6. The number of aliphatic imine (C=N–C) groups is 1. The van der Waals surface area contributed by atoms with E-state index >= 15 is 0 Å². The van der Waals surface area contributed by atoms with E-state index in [1.54, 1.807) is 38.1 Å². The Morgan fingerprint density at radius 3 is 2.42 bits per heavy atom. The lowest BCUT2D eigenvalue weighted by Crippen LogP contribution is -2.52. The number of esters is 2. The Hall–Kier alpha value is -3.95. The van der Waals surface area contributed by atoms with E-state index in [-0.39, 0.29) is 20.0 Å². The molecular formula is C23H27BN3O11. The summed E-state index contributed by atoms with van der Waals surface area (Å²) in [6, 6.07) is 5.48. The largest absolute Gasteiger partial charge is 0.571 e. The summed E-state index contributed by atoms with van der Waals surface area (Å²) in [5.74, 6) is -6.93. The summed E-state index contributed by atoms with van der Waals surface area (Å²) in [5.41, 5.74) is -3.25. The minimum absolute atomic E-state index is 0.0306. The van der Waals surface area contributed by atoms with Crippen LogP contribution in [0.3, 0.4) is 0 Å². The van der Waals surface area contributed by atoms with Gasteiger partial charge in [-0.1, -0.05) is 32.0 Å². The van der Waals surface area contributed by atoms with Gasteiger partial charge in [-0.2, -0.15) is 0 Å². The molecule has 5 N–H and O–H groups in total. The van der Waals surface area contributed by atoms with Gasteiger partial charge in [0.15, 0.2) is 5.60 Å². The summed E-state index contributed by atoms with van der Waals surface area (Å²) in [4.78, 5) is 76.4. The van der Waals surface area contributed by atoms with Gasteiger partial charge in [0.1, 0.15) is 17.9 Å². The lowest BCUT2D eigenvalue weighted by atomic mass is 9.93. The highest BCUT2D eigenvalue weighted by molar-refractivity contribution is 6.20. The van der Waals surface area contributed by atoms with Crippen LogP contribution in [-0.4, -0.2) is 83.4 Å². The molecule has 3 atom stereocenters. The maximum Gasteiger partial charge on any atom is 0.571 e. The van der Waals surface area contributed by atoms with Gasteiger partial charge < -0.3 is 34.7 Å². The highest BCUT2D eigenvalue weighted by Gasteiger charge is 2.43. The van der Waals surface area contributed by atoms with E-state index in [4.69, 9.17) is 5.02 Å². The number of hydrogen-bond acceptors (Lipinski definition) is 12. The van der Waals surface area contributed by atoms with Crippen molar-refractivity contribution in [3.8, 4) is 0 Å². The second-order valence-corrected chi connectivity index (χ2v) is 8.94. The first-order valence-corrected chi connectivity index (χ1v) is 11.4. The number of carbonyl (C=O) groups is 6. The summed E-state index contributed by atoms with van der Waals surface area (Å²) in [6.45, 7) is 3.04. The number of nitrogens with one attached hydrogen (secondary N) is 2. The van der Waals surface area contributed by atoms with Gasteiger partial charge in [-0.05, 0) is 18.4 Å². The number of carboxylic acid groups (broad SMARTS) is 1. The van der Waals surface area contributed by atoms with Gasteiger partial charge in [0.2, 0.25) is 5.91 Å². The van der Waals surface area contributed by atoms with Gasteiger partial charge >= 0.3 is 25.6 Å². The number of benzene rings is 1. The van der Waals surface area contributed by atoms with E-state index in [0.29, 0.717) is 17.5 Å². The average Bonchev–Trinajstić information content (AvgIpc) is 3.21. The third-order valence-corrected chi connectivity index (χ3v) is 5.48. The summed E-state index contributed by atoms with van der Waals surface area (Å²) in [5, 5.41) is 33.0. The Kier molecular flexibility index (Phi) is 10.4. The van der Waals surface area contributed by atoms with Crippen molar-refractivity contribution in [2.45, 2.75) is 50.3 Å². The molecule has 0 aliphatic carbocycles. The summed E-state index contributed by atoms with van der Waals surface area (Å²) in [7, 11) is -0.0320. The van der Waals surface area contributed by atoms with E-state index < -0.39 is 66.4 Å². The molecule has 0 fully saturated rings. The van der Waals surface area contributed by atoms with E-state index in [1.807, 2.05) is 0 Å². The molecule has 0 saturated carbocycles. The Labute approximate surface area is 217 Å². The second kappa shape index (κ2) is 13.0. The maximum atomic E-state index is 12.6. The first kappa shape index (κ1) is 30.3. The van der Waals surface area contributed by atoms with E-state index in [9.17, 15) is 39.0 Å². The van der Waals surface area contributed by atoms with Crippen LogP contribution in [-0.2, 0) is 43.7 Å². The molecule has 0 spiro atoms. The third-order valence-electron chi connectivity index (χ3n) is 5.48. The molecule has 1 aromatic rings. The summed E-state index contributed by atoms with van der Waals surface area (Å²) >= 11 is 0. The molecule has 1 aromatic carbocycles. The number of aliphatic hydroxyl groups is 1. The number of fused-ring (bicyclic) bond motifs is 1.